The van der Waals surface area contributed by atoms with Gasteiger partial charge in [0.15, 0.2) is 5.11 Å². The lowest BCUT2D eigenvalue weighted by Gasteiger charge is -2.55. The zero-order valence-corrected chi connectivity index (χ0v) is 17.4. The van der Waals surface area contributed by atoms with Crippen LogP contribution in [0.25, 0.3) is 0 Å². The van der Waals surface area contributed by atoms with Gasteiger partial charge in [-0.3, -0.25) is 4.79 Å². The van der Waals surface area contributed by atoms with Crippen LogP contribution in [0.1, 0.15) is 45.4 Å². The largest absolute Gasteiger partial charge is 0.491 e. The summed E-state index contributed by atoms with van der Waals surface area (Å²) in [5.41, 5.74) is 0.659. The predicted molar refractivity (Wildman–Crippen MR) is 113 cm³/mol. The molecule has 1 amide bonds. The fraction of sp³-hybridized carbons (Fsp3) is 0.636. The third kappa shape index (κ3) is 4.33. The zero-order valence-electron chi connectivity index (χ0n) is 16.5. The van der Waals surface area contributed by atoms with Crippen molar-refractivity contribution in [1.82, 2.24) is 5.32 Å². The standard InChI is InChI=1S/C22H30N2O3S/c1-2-26-7-8-27-19-5-3-18(4-6-19)23-21(28)24-20(25)22-12-15-9-16(13-22)11-17(10-15)14-22/h3-6,15-17H,2,7-14H2,1H3,(H2,23,24,25,28). The number of carbonyl (C=O) groups excluding carboxylic acids is 1. The fourth-order valence-corrected chi connectivity index (χ4v) is 5.99. The molecule has 2 N–H and O–H groups in total. The van der Waals surface area contributed by atoms with Gasteiger partial charge in [0.2, 0.25) is 5.91 Å². The molecule has 0 unspecified atom stereocenters. The monoisotopic (exact) mass is 402 g/mol. The number of ether oxygens (including phenoxy) is 2. The number of carbonyl (C=O) groups is 1. The first-order valence-electron chi connectivity index (χ1n) is 10.5. The number of hydrogen-bond donors (Lipinski definition) is 2. The highest BCUT2D eigenvalue weighted by molar-refractivity contribution is 7.80. The van der Waals surface area contributed by atoms with Crippen LogP contribution in [0.15, 0.2) is 24.3 Å². The molecule has 1 aromatic rings. The Balaban J connectivity index is 1.28. The number of rotatable bonds is 7. The van der Waals surface area contributed by atoms with Gasteiger partial charge in [-0.1, -0.05) is 0 Å². The summed E-state index contributed by atoms with van der Waals surface area (Å²) in [5.74, 6) is 3.14. The Morgan fingerprint density at radius 3 is 2.25 bits per heavy atom. The smallest absolute Gasteiger partial charge is 0.232 e. The SMILES string of the molecule is CCOCCOc1ccc(NC(=S)NC(=O)C23CC4CC(CC(C4)C2)C3)cc1. The number of nitrogens with one attached hydrogen (secondary N) is 2. The number of amides is 1. The van der Waals surface area contributed by atoms with Crippen molar-refractivity contribution in [2.75, 3.05) is 25.1 Å². The van der Waals surface area contributed by atoms with E-state index >= 15 is 0 Å². The van der Waals surface area contributed by atoms with E-state index in [-0.39, 0.29) is 11.3 Å². The maximum Gasteiger partial charge on any atom is 0.232 e. The molecule has 5 rings (SSSR count). The first kappa shape index (κ1) is 19.6. The Labute approximate surface area is 172 Å². The van der Waals surface area contributed by atoms with Crippen LogP contribution in [0, 0.1) is 23.2 Å². The van der Waals surface area contributed by atoms with Crippen LogP contribution in [-0.4, -0.2) is 30.8 Å². The van der Waals surface area contributed by atoms with Gasteiger partial charge in [0.25, 0.3) is 0 Å². The molecule has 0 radical (unpaired) electrons. The highest BCUT2D eigenvalue weighted by Crippen LogP contribution is 2.60. The van der Waals surface area contributed by atoms with Gasteiger partial charge in [-0.2, -0.15) is 0 Å². The molecule has 6 heteroatoms. The minimum absolute atomic E-state index is 0.125. The lowest BCUT2D eigenvalue weighted by Crippen LogP contribution is -2.55. The summed E-state index contributed by atoms with van der Waals surface area (Å²) in [7, 11) is 0. The number of anilines is 1. The molecule has 4 aliphatic carbocycles. The summed E-state index contributed by atoms with van der Waals surface area (Å²) in [5, 5.41) is 6.49. The summed E-state index contributed by atoms with van der Waals surface area (Å²) in [6.07, 6.45) is 7.11. The van der Waals surface area contributed by atoms with E-state index in [1.165, 1.54) is 19.3 Å². The summed E-state index contributed by atoms with van der Waals surface area (Å²) in [6.45, 7) is 3.76. The molecule has 4 saturated carbocycles. The maximum atomic E-state index is 13.1. The Hall–Kier alpha value is -1.66. The topological polar surface area (TPSA) is 59.6 Å². The first-order valence-corrected chi connectivity index (χ1v) is 10.9. The first-order chi connectivity index (χ1) is 13.6. The predicted octanol–water partition coefficient (Wildman–Crippen LogP) is 4.13. The van der Waals surface area contributed by atoms with E-state index in [0.717, 1.165) is 48.5 Å². The third-order valence-electron chi connectivity index (χ3n) is 6.56. The molecule has 0 aliphatic heterocycles. The van der Waals surface area contributed by atoms with Gasteiger partial charge in [0, 0.05) is 12.3 Å². The van der Waals surface area contributed by atoms with Crippen LogP contribution >= 0.6 is 12.2 Å². The van der Waals surface area contributed by atoms with Crippen molar-refractivity contribution in [3.8, 4) is 5.75 Å². The normalized spacial score (nSPS) is 30.1. The van der Waals surface area contributed by atoms with E-state index in [0.29, 0.717) is 24.9 Å². The van der Waals surface area contributed by atoms with Crippen molar-refractivity contribution >= 4 is 28.9 Å². The molecular formula is C22H30N2O3S. The average molecular weight is 403 g/mol. The van der Waals surface area contributed by atoms with Crippen LogP contribution in [0.4, 0.5) is 5.69 Å². The molecule has 0 aromatic heterocycles. The summed E-state index contributed by atoms with van der Waals surface area (Å²) < 4.78 is 10.9. The lowest BCUT2D eigenvalue weighted by atomic mass is 9.49. The van der Waals surface area contributed by atoms with E-state index in [1.54, 1.807) is 0 Å². The van der Waals surface area contributed by atoms with Gasteiger partial charge < -0.3 is 20.1 Å². The molecule has 28 heavy (non-hydrogen) atoms. The summed E-state index contributed by atoms with van der Waals surface area (Å²) in [6, 6.07) is 7.58. The van der Waals surface area contributed by atoms with Crippen molar-refractivity contribution in [1.29, 1.82) is 0 Å². The van der Waals surface area contributed by atoms with E-state index < -0.39 is 0 Å². The fourth-order valence-electron chi connectivity index (χ4n) is 5.78. The van der Waals surface area contributed by atoms with Gasteiger partial charge in [-0.25, -0.2) is 0 Å². The number of hydrogen-bond acceptors (Lipinski definition) is 4. The molecule has 0 atom stereocenters. The van der Waals surface area contributed by atoms with Crippen molar-refractivity contribution in [3.63, 3.8) is 0 Å². The Morgan fingerprint density at radius 1 is 1.07 bits per heavy atom. The van der Waals surface area contributed by atoms with Crippen molar-refractivity contribution in [2.45, 2.75) is 45.4 Å². The molecule has 4 bridgehead atoms. The summed E-state index contributed by atoms with van der Waals surface area (Å²) in [4.78, 5) is 13.1. The molecule has 4 fully saturated rings. The van der Waals surface area contributed by atoms with Crippen molar-refractivity contribution in [3.05, 3.63) is 24.3 Å². The number of thiocarbonyl (C=S) groups is 1. The van der Waals surface area contributed by atoms with Crippen LogP contribution in [0.3, 0.4) is 0 Å². The van der Waals surface area contributed by atoms with Gasteiger partial charge in [0.05, 0.1) is 12.0 Å². The third-order valence-corrected chi connectivity index (χ3v) is 6.76. The van der Waals surface area contributed by atoms with Crippen LogP contribution in [0.5, 0.6) is 5.75 Å². The quantitative estimate of drug-likeness (QED) is 0.530. The minimum atomic E-state index is -0.182. The summed E-state index contributed by atoms with van der Waals surface area (Å²) >= 11 is 5.41. The maximum absolute atomic E-state index is 13.1. The van der Waals surface area contributed by atoms with Crippen LogP contribution in [0.2, 0.25) is 0 Å². The minimum Gasteiger partial charge on any atom is -0.491 e. The second-order valence-corrected chi connectivity index (χ2v) is 9.08. The molecule has 5 nitrogen and oxygen atoms in total. The second-order valence-electron chi connectivity index (χ2n) is 8.68. The van der Waals surface area contributed by atoms with E-state index in [1.807, 2.05) is 31.2 Å². The zero-order chi connectivity index (χ0) is 19.6. The molecule has 1 aromatic carbocycles. The molecular weight excluding hydrogens is 372 g/mol. The van der Waals surface area contributed by atoms with Crippen molar-refractivity contribution < 1.29 is 14.3 Å². The Kier molecular flexibility index (Phi) is 5.88. The molecule has 0 saturated heterocycles. The molecule has 4 aliphatic rings. The van der Waals surface area contributed by atoms with E-state index in [4.69, 9.17) is 21.7 Å². The average Bonchev–Trinajstić information content (AvgIpc) is 2.65. The Morgan fingerprint density at radius 2 is 1.68 bits per heavy atom. The Bertz CT molecular complexity index is 684. The van der Waals surface area contributed by atoms with Crippen molar-refractivity contribution in [2.24, 2.45) is 23.2 Å². The van der Waals surface area contributed by atoms with Gasteiger partial charge in [-0.15, -0.1) is 0 Å². The highest BCUT2D eigenvalue weighted by atomic mass is 32.1. The van der Waals surface area contributed by atoms with Gasteiger partial charge >= 0.3 is 0 Å². The molecule has 0 spiro atoms. The number of benzene rings is 1. The lowest BCUT2D eigenvalue weighted by molar-refractivity contribution is -0.144. The van der Waals surface area contributed by atoms with Gasteiger partial charge in [0.1, 0.15) is 12.4 Å². The van der Waals surface area contributed by atoms with Crippen LogP contribution in [-0.2, 0) is 9.53 Å². The van der Waals surface area contributed by atoms with E-state index in [9.17, 15) is 4.79 Å². The second kappa shape index (κ2) is 8.37. The van der Waals surface area contributed by atoms with Crippen LogP contribution < -0.4 is 15.4 Å². The highest BCUT2D eigenvalue weighted by Gasteiger charge is 2.54. The van der Waals surface area contributed by atoms with E-state index in [2.05, 4.69) is 10.6 Å². The molecule has 0 heterocycles. The van der Waals surface area contributed by atoms with Gasteiger partial charge in [-0.05, 0) is 99.7 Å². The molecule has 152 valence electrons.